The van der Waals surface area contributed by atoms with Crippen molar-refractivity contribution < 1.29 is 0 Å². The van der Waals surface area contributed by atoms with E-state index in [4.69, 9.17) is 17.3 Å². The SMILES string of the molecule is Nc1nc(C2CC2)nc(NC2CC2)c1Cl. The smallest absolute Gasteiger partial charge is 0.151 e. The van der Waals surface area contributed by atoms with Crippen molar-refractivity contribution in [2.45, 2.75) is 37.6 Å². The Morgan fingerprint density at radius 3 is 2.53 bits per heavy atom. The number of halogens is 1. The van der Waals surface area contributed by atoms with Gasteiger partial charge < -0.3 is 11.1 Å². The lowest BCUT2D eigenvalue weighted by atomic mass is 10.3. The highest BCUT2D eigenvalue weighted by molar-refractivity contribution is 6.35. The molecule has 2 aliphatic carbocycles. The minimum atomic E-state index is 0.400. The molecule has 3 rings (SSSR count). The van der Waals surface area contributed by atoms with Crippen molar-refractivity contribution in [3.63, 3.8) is 0 Å². The van der Waals surface area contributed by atoms with Crippen LogP contribution in [0.3, 0.4) is 0 Å². The van der Waals surface area contributed by atoms with Crippen LogP contribution in [-0.2, 0) is 0 Å². The van der Waals surface area contributed by atoms with Gasteiger partial charge in [-0.1, -0.05) is 11.6 Å². The molecule has 0 amide bonds. The zero-order valence-corrected chi connectivity index (χ0v) is 9.09. The van der Waals surface area contributed by atoms with Crippen LogP contribution in [0.4, 0.5) is 11.6 Å². The second-order valence-electron chi connectivity index (χ2n) is 4.32. The van der Waals surface area contributed by atoms with E-state index in [0.717, 1.165) is 5.82 Å². The van der Waals surface area contributed by atoms with E-state index in [2.05, 4.69) is 15.3 Å². The van der Waals surface area contributed by atoms with E-state index in [1.807, 2.05) is 0 Å². The topological polar surface area (TPSA) is 63.8 Å². The van der Waals surface area contributed by atoms with Crippen molar-refractivity contribution in [2.75, 3.05) is 11.1 Å². The fraction of sp³-hybridized carbons (Fsp3) is 0.600. The summed E-state index contributed by atoms with van der Waals surface area (Å²) in [4.78, 5) is 8.66. The Hall–Kier alpha value is -1.03. The molecule has 0 atom stereocenters. The molecule has 5 heteroatoms. The highest BCUT2D eigenvalue weighted by Gasteiger charge is 2.29. The van der Waals surface area contributed by atoms with Gasteiger partial charge in [-0.2, -0.15) is 0 Å². The first kappa shape index (κ1) is 9.21. The molecule has 0 aliphatic heterocycles. The van der Waals surface area contributed by atoms with Crippen molar-refractivity contribution in [3.05, 3.63) is 10.8 Å². The Bertz CT molecular complexity index is 399. The van der Waals surface area contributed by atoms with Crippen molar-refractivity contribution in [3.8, 4) is 0 Å². The maximum Gasteiger partial charge on any atom is 0.151 e. The van der Waals surface area contributed by atoms with Crippen molar-refractivity contribution >= 4 is 23.2 Å². The molecule has 2 aliphatic rings. The minimum absolute atomic E-state index is 0.400. The second kappa shape index (κ2) is 3.23. The first-order chi connectivity index (χ1) is 7.24. The molecule has 4 nitrogen and oxygen atoms in total. The number of nitrogens with two attached hydrogens (primary N) is 1. The Morgan fingerprint density at radius 1 is 1.20 bits per heavy atom. The molecule has 1 aromatic heterocycles. The fourth-order valence-electron chi connectivity index (χ4n) is 1.52. The molecular weight excluding hydrogens is 212 g/mol. The quantitative estimate of drug-likeness (QED) is 0.826. The number of anilines is 2. The Balaban J connectivity index is 1.93. The number of nitrogens with one attached hydrogen (secondary N) is 1. The zero-order chi connectivity index (χ0) is 10.4. The van der Waals surface area contributed by atoms with Crippen LogP contribution < -0.4 is 11.1 Å². The molecule has 2 saturated carbocycles. The summed E-state index contributed by atoms with van der Waals surface area (Å²) < 4.78 is 0. The first-order valence-corrected chi connectivity index (χ1v) is 5.71. The molecule has 1 aromatic rings. The molecule has 0 saturated heterocycles. The van der Waals surface area contributed by atoms with Crippen molar-refractivity contribution in [1.29, 1.82) is 0 Å². The molecule has 0 radical (unpaired) electrons. The van der Waals surface area contributed by atoms with E-state index < -0.39 is 0 Å². The van der Waals surface area contributed by atoms with Gasteiger partial charge >= 0.3 is 0 Å². The molecular formula is C10H13ClN4. The van der Waals surface area contributed by atoms with E-state index in [-0.39, 0.29) is 0 Å². The molecule has 3 N–H and O–H groups in total. The number of aromatic nitrogens is 2. The summed E-state index contributed by atoms with van der Waals surface area (Å²) in [7, 11) is 0. The summed E-state index contributed by atoms with van der Waals surface area (Å²) in [6.07, 6.45) is 4.73. The minimum Gasteiger partial charge on any atom is -0.382 e. The summed E-state index contributed by atoms with van der Waals surface area (Å²) in [5.41, 5.74) is 5.76. The lowest BCUT2D eigenvalue weighted by Crippen LogP contribution is -2.08. The molecule has 2 fully saturated rings. The lowest BCUT2D eigenvalue weighted by molar-refractivity contribution is 0.926. The van der Waals surface area contributed by atoms with Gasteiger partial charge in [0.15, 0.2) is 5.82 Å². The van der Waals surface area contributed by atoms with Crippen LogP contribution in [0.25, 0.3) is 0 Å². The van der Waals surface area contributed by atoms with Gasteiger partial charge in [-0.15, -0.1) is 0 Å². The van der Waals surface area contributed by atoms with Crippen LogP contribution in [0.15, 0.2) is 0 Å². The van der Waals surface area contributed by atoms with Gasteiger partial charge in [0.25, 0.3) is 0 Å². The van der Waals surface area contributed by atoms with Crippen LogP contribution in [0, 0.1) is 0 Å². The van der Waals surface area contributed by atoms with Crippen LogP contribution in [0.2, 0.25) is 5.02 Å². The highest BCUT2D eigenvalue weighted by atomic mass is 35.5. The van der Waals surface area contributed by atoms with Gasteiger partial charge in [-0.05, 0) is 25.7 Å². The third-order valence-corrected chi connectivity index (χ3v) is 3.13. The van der Waals surface area contributed by atoms with Gasteiger partial charge in [0.1, 0.15) is 16.7 Å². The first-order valence-electron chi connectivity index (χ1n) is 5.33. The molecule has 0 unspecified atom stereocenters. The number of nitrogens with zero attached hydrogens (tertiary/aromatic N) is 2. The zero-order valence-electron chi connectivity index (χ0n) is 8.33. The number of hydrogen-bond donors (Lipinski definition) is 2. The monoisotopic (exact) mass is 224 g/mol. The van der Waals surface area contributed by atoms with E-state index in [0.29, 0.717) is 28.6 Å². The summed E-state index contributed by atoms with van der Waals surface area (Å²) in [6.45, 7) is 0. The third-order valence-electron chi connectivity index (χ3n) is 2.75. The van der Waals surface area contributed by atoms with Gasteiger partial charge in [0.05, 0.1) is 0 Å². The number of hydrogen-bond acceptors (Lipinski definition) is 4. The third kappa shape index (κ3) is 1.86. The van der Waals surface area contributed by atoms with Crippen LogP contribution in [0.5, 0.6) is 0 Å². The van der Waals surface area contributed by atoms with Gasteiger partial charge in [0, 0.05) is 12.0 Å². The van der Waals surface area contributed by atoms with Gasteiger partial charge in [-0.25, -0.2) is 9.97 Å². The van der Waals surface area contributed by atoms with Crippen LogP contribution >= 0.6 is 11.6 Å². The van der Waals surface area contributed by atoms with Crippen LogP contribution in [-0.4, -0.2) is 16.0 Å². The maximum absolute atomic E-state index is 6.05. The second-order valence-corrected chi connectivity index (χ2v) is 4.70. The average Bonchev–Trinajstić information content (AvgIpc) is 3.03. The summed E-state index contributed by atoms with van der Waals surface area (Å²) in [5, 5.41) is 3.75. The Morgan fingerprint density at radius 2 is 1.93 bits per heavy atom. The largest absolute Gasteiger partial charge is 0.382 e. The molecule has 0 spiro atoms. The summed E-state index contributed by atoms with van der Waals surface area (Å²) in [6, 6.07) is 0.531. The fourth-order valence-corrected chi connectivity index (χ4v) is 1.66. The lowest BCUT2D eigenvalue weighted by Gasteiger charge is -2.09. The maximum atomic E-state index is 6.05. The Kier molecular flexibility index (Phi) is 1.99. The van der Waals surface area contributed by atoms with E-state index in [9.17, 15) is 0 Å². The highest BCUT2D eigenvalue weighted by Crippen LogP contribution is 2.40. The standard InChI is InChI=1S/C10H13ClN4/c11-7-8(12)14-9(5-1-2-5)15-10(7)13-6-3-4-6/h5-6H,1-4H2,(H3,12,13,14,15). The van der Waals surface area contributed by atoms with E-state index in [1.54, 1.807) is 0 Å². The van der Waals surface area contributed by atoms with Crippen molar-refractivity contribution in [1.82, 2.24) is 9.97 Å². The molecule has 15 heavy (non-hydrogen) atoms. The predicted molar refractivity (Wildman–Crippen MR) is 60.1 cm³/mol. The van der Waals surface area contributed by atoms with Gasteiger partial charge in [0.2, 0.25) is 0 Å². The molecule has 0 bridgehead atoms. The normalized spacial score (nSPS) is 20.3. The average molecular weight is 225 g/mol. The van der Waals surface area contributed by atoms with Crippen molar-refractivity contribution in [2.24, 2.45) is 0 Å². The Labute approximate surface area is 93.2 Å². The number of nitrogen functional groups attached to an aromatic ring is 1. The van der Waals surface area contributed by atoms with E-state index in [1.165, 1.54) is 25.7 Å². The predicted octanol–water partition coefficient (Wildman–Crippen LogP) is 2.16. The van der Waals surface area contributed by atoms with Crippen LogP contribution in [0.1, 0.15) is 37.4 Å². The summed E-state index contributed by atoms with van der Waals surface area (Å²) >= 11 is 6.05. The van der Waals surface area contributed by atoms with E-state index >= 15 is 0 Å². The molecule has 0 aromatic carbocycles. The number of rotatable bonds is 3. The van der Waals surface area contributed by atoms with Gasteiger partial charge in [-0.3, -0.25) is 0 Å². The molecule has 80 valence electrons. The molecule has 1 heterocycles. The summed E-state index contributed by atoms with van der Waals surface area (Å²) in [5.74, 6) is 2.47.